The molecule has 1 N–H and O–H groups in total. The van der Waals surface area contributed by atoms with Crippen molar-refractivity contribution >= 4 is 18.3 Å². The first-order valence-corrected chi connectivity index (χ1v) is 7.16. The molecule has 0 saturated heterocycles. The molecule has 4 heteroatoms. The standard InChI is InChI=1S/C16H24N2O.ClH/c1-17-9-10-18(2)16(19)12-13-7-8-14-5-3-4-6-15(14)11-13;/h3-6,13,17H,7-12H2,1-2H3;1H. The van der Waals surface area contributed by atoms with Crippen molar-refractivity contribution in [3.8, 4) is 0 Å². The van der Waals surface area contributed by atoms with Crippen LogP contribution >= 0.6 is 12.4 Å². The van der Waals surface area contributed by atoms with Crippen LogP contribution in [0.4, 0.5) is 0 Å². The molecule has 1 aliphatic carbocycles. The average molecular weight is 297 g/mol. The van der Waals surface area contributed by atoms with Crippen LogP contribution in [0.5, 0.6) is 0 Å². The second kappa shape index (κ2) is 8.28. The molecule has 0 saturated carbocycles. The number of fused-ring (bicyclic) bond motifs is 1. The minimum atomic E-state index is 0. The van der Waals surface area contributed by atoms with Gasteiger partial charge in [0.1, 0.15) is 0 Å². The Hall–Kier alpha value is -1.06. The summed E-state index contributed by atoms with van der Waals surface area (Å²) in [6.45, 7) is 1.65. The summed E-state index contributed by atoms with van der Waals surface area (Å²) in [5, 5.41) is 3.08. The lowest BCUT2D eigenvalue weighted by molar-refractivity contribution is -0.130. The molecule has 1 atom stereocenters. The lowest BCUT2D eigenvalue weighted by Crippen LogP contribution is -2.34. The largest absolute Gasteiger partial charge is 0.344 e. The summed E-state index contributed by atoms with van der Waals surface area (Å²) >= 11 is 0. The van der Waals surface area contributed by atoms with Crippen molar-refractivity contribution in [2.45, 2.75) is 25.7 Å². The summed E-state index contributed by atoms with van der Waals surface area (Å²) in [5.74, 6) is 0.791. The van der Waals surface area contributed by atoms with Gasteiger partial charge in [0.05, 0.1) is 0 Å². The normalized spacial score (nSPS) is 17.0. The average Bonchev–Trinajstić information content (AvgIpc) is 2.44. The molecule has 0 aromatic heterocycles. The van der Waals surface area contributed by atoms with Crippen LogP contribution in [-0.4, -0.2) is 38.0 Å². The van der Waals surface area contributed by atoms with Crippen molar-refractivity contribution in [2.75, 3.05) is 27.2 Å². The third kappa shape index (κ3) is 4.50. The van der Waals surface area contributed by atoms with Crippen LogP contribution in [-0.2, 0) is 17.6 Å². The summed E-state index contributed by atoms with van der Waals surface area (Å²) in [5.41, 5.74) is 2.90. The van der Waals surface area contributed by atoms with Crippen molar-refractivity contribution in [1.29, 1.82) is 0 Å². The van der Waals surface area contributed by atoms with Gasteiger partial charge in [-0.15, -0.1) is 12.4 Å². The third-order valence-electron chi connectivity index (χ3n) is 4.04. The lowest BCUT2D eigenvalue weighted by Gasteiger charge is -2.26. The Morgan fingerprint density at radius 1 is 1.35 bits per heavy atom. The van der Waals surface area contributed by atoms with E-state index in [1.54, 1.807) is 0 Å². The number of aryl methyl sites for hydroxylation is 1. The Bertz CT molecular complexity index is 436. The van der Waals surface area contributed by atoms with E-state index in [0.29, 0.717) is 12.3 Å². The maximum atomic E-state index is 12.1. The number of likely N-dealkylation sites (N-methyl/N-ethyl adjacent to an activating group) is 2. The summed E-state index contributed by atoms with van der Waals surface area (Å²) < 4.78 is 0. The van der Waals surface area contributed by atoms with Gasteiger partial charge in [-0.2, -0.15) is 0 Å². The van der Waals surface area contributed by atoms with E-state index in [0.717, 1.165) is 32.4 Å². The van der Waals surface area contributed by atoms with Gasteiger partial charge in [-0.05, 0) is 43.4 Å². The molecule has 0 bridgehead atoms. The second-order valence-electron chi connectivity index (χ2n) is 5.50. The molecule has 3 nitrogen and oxygen atoms in total. The van der Waals surface area contributed by atoms with Gasteiger partial charge in [0.15, 0.2) is 0 Å². The van der Waals surface area contributed by atoms with E-state index in [2.05, 4.69) is 29.6 Å². The van der Waals surface area contributed by atoms with Gasteiger partial charge >= 0.3 is 0 Å². The first-order valence-electron chi connectivity index (χ1n) is 7.16. The Kier molecular flexibility index (Phi) is 7.03. The molecule has 0 fully saturated rings. The van der Waals surface area contributed by atoms with E-state index in [4.69, 9.17) is 0 Å². The van der Waals surface area contributed by atoms with Gasteiger partial charge in [-0.3, -0.25) is 4.79 Å². The third-order valence-corrected chi connectivity index (χ3v) is 4.04. The highest BCUT2D eigenvalue weighted by atomic mass is 35.5. The Morgan fingerprint density at radius 3 is 2.75 bits per heavy atom. The highest BCUT2D eigenvalue weighted by molar-refractivity contribution is 5.85. The van der Waals surface area contributed by atoms with E-state index in [9.17, 15) is 4.79 Å². The fourth-order valence-electron chi connectivity index (χ4n) is 2.75. The highest BCUT2D eigenvalue weighted by Gasteiger charge is 2.22. The number of benzene rings is 1. The zero-order valence-corrected chi connectivity index (χ0v) is 13.2. The molecule has 0 aliphatic heterocycles. The van der Waals surface area contributed by atoms with E-state index >= 15 is 0 Å². The number of nitrogens with one attached hydrogen (secondary N) is 1. The van der Waals surface area contributed by atoms with Gasteiger partial charge in [-0.25, -0.2) is 0 Å². The molecular weight excluding hydrogens is 272 g/mol. The topological polar surface area (TPSA) is 32.3 Å². The smallest absolute Gasteiger partial charge is 0.222 e. The maximum absolute atomic E-state index is 12.1. The van der Waals surface area contributed by atoms with Gasteiger partial charge in [0, 0.05) is 26.6 Å². The molecule has 2 rings (SSSR count). The van der Waals surface area contributed by atoms with Crippen LogP contribution < -0.4 is 5.32 Å². The van der Waals surface area contributed by atoms with Crippen LogP contribution in [0.25, 0.3) is 0 Å². The minimum Gasteiger partial charge on any atom is -0.344 e. The number of hydrogen-bond donors (Lipinski definition) is 1. The second-order valence-corrected chi connectivity index (χ2v) is 5.50. The van der Waals surface area contributed by atoms with Gasteiger partial charge in [0.25, 0.3) is 0 Å². The van der Waals surface area contributed by atoms with Crippen molar-refractivity contribution in [3.05, 3.63) is 35.4 Å². The fraction of sp³-hybridized carbons (Fsp3) is 0.562. The number of halogens is 1. The minimum absolute atomic E-state index is 0. The van der Waals surface area contributed by atoms with E-state index in [-0.39, 0.29) is 18.3 Å². The number of amides is 1. The van der Waals surface area contributed by atoms with Gasteiger partial charge in [-0.1, -0.05) is 24.3 Å². The lowest BCUT2D eigenvalue weighted by atomic mass is 9.82. The van der Waals surface area contributed by atoms with Crippen LogP contribution in [0.2, 0.25) is 0 Å². The predicted molar refractivity (Wildman–Crippen MR) is 85.4 cm³/mol. The SMILES string of the molecule is CNCCN(C)C(=O)CC1CCc2ccccc2C1.Cl. The van der Waals surface area contributed by atoms with Gasteiger partial charge in [0.2, 0.25) is 5.91 Å². The number of hydrogen-bond acceptors (Lipinski definition) is 2. The predicted octanol–water partition coefficient (Wildman–Crippen LogP) is 2.28. The van der Waals surface area contributed by atoms with Crippen LogP contribution in [0.3, 0.4) is 0 Å². The Labute approximate surface area is 128 Å². The van der Waals surface area contributed by atoms with E-state index in [1.165, 1.54) is 11.1 Å². The molecule has 1 amide bonds. The summed E-state index contributed by atoms with van der Waals surface area (Å²) in [4.78, 5) is 14.0. The molecule has 1 aromatic carbocycles. The Morgan fingerprint density at radius 2 is 2.05 bits per heavy atom. The number of carbonyl (C=O) groups is 1. The van der Waals surface area contributed by atoms with E-state index < -0.39 is 0 Å². The summed E-state index contributed by atoms with van der Waals surface area (Å²) in [7, 11) is 3.81. The Balaban J connectivity index is 0.00000200. The summed E-state index contributed by atoms with van der Waals surface area (Å²) in [6.07, 6.45) is 4.01. The first-order chi connectivity index (χ1) is 9.20. The van der Waals surface area contributed by atoms with Crippen LogP contribution in [0, 0.1) is 5.92 Å². The molecule has 1 unspecified atom stereocenters. The fourth-order valence-corrected chi connectivity index (χ4v) is 2.75. The molecule has 0 radical (unpaired) electrons. The van der Waals surface area contributed by atoms with Crippen LogP contribution in [0.1, 0.15) is 24.0 Å². The van der Waals surface area contributed by atoms with Crippen molar-refractivity contribution < 1.29 is 4.79 Å². The molecule has 0 spiro atoms. The van der Waals surface area contributed by atoms with Gasteiger partial charge < -0.3 is 10.2 Å². The molecule has 0 heterocycles. The number of carbonyl (C=O) groups excluding carboxylic acids is 1. The highest BCUT2D eigenvalue weighted by Crippen LogP contribution is 2.27. The van der Waals surface area contributed by atoms with E-state index in [1.807, 2.05) is 19.0 Å². The molecule has 112 valence electrons. The monoisotopic (exact) mass is 296 g/mol. The van der Waals surface area contributed by atoms with Crippen LogP contribution in [0.15, 0.2) is 24.3 Å². The molecule has 1 aliphatic rings. The maximum Gasteiger partial charge on any atom is 0.222 e. The zero-order valence-electron chi connectivity index (χ0n) is 12.4. The van der Waals surface area contributed by atoms with Crippen molar-refractivity contribution in [3.63, 3.8) is 0 Å². The number of nitrogens with zero attached hydrogens (tertiary/aromatic N) is 1. The molecule has 1 aromatic rings. The zero-order chi connectivity index (χ0) is 13.7. The quantitative estimate of drug-likeness (QED) is 0.904. The summed E-state index contributed by atoms with van der Waals surface area (Å²) in [6, 6.07) is 8.63. The molecule has 20 heavy (non-hydrogen) atoms. The molecular formula is C16H25ClN2O. The number of rotatable bonds is 5. The van der Waals surface area contributed by atoms with Crippen molar-refractivity contribution in [1.82, 2.24) is 10.2 Å². The van der Waals surface area contributed by atoms with Crippen molar-refractivity contribution in [2.24, 2.45) is 5.92 Å². The first kappa shape index (κ1) is 17.0.